The summed E-state index contributed by atoms with van der Waals surface area (Å²) in [5.74, 6) is 0.710. The Hall–Kier alpha value is -0.530. The Bertz CT molecular complexity index is 373. The molecule has 1 aliphatic carbocycles. The number of halogens is 1. The fourth-order valence-electron chi connectivity index (χ4n) is 3.08. The standard InChI is InChI=1S/C13H21IN2O3/c1-7(2)10(15-13(18)19-3)12(17)16-9-5-4-8(6-9)11(16)14/h7-11H,4-6H2,1-3H3,(H,15,18)/t8?,9?,10-,11-/m0/s1. The molecule has 6 heteroatoms. The summed E-state index contributed by atoms with van der Waals surface area (Å²) in [6.45, 7) is 3.88. The molecule has 1 saturated carbocycles. The number of hydrogen-bond acceptors (Lipinski definition) is 3. The van der Waals surface area contributed by atoms with Gasteiger partial charge in [-0.2, -0.15) is 0 Å². The van der Waals surface area contributed by atoms with Crippen molar-refractivity contribution in [3.63, 3.8) is 0 Å². The minimum Gasteiger partial charge on any atom is -0.453 e. The maximum absolute atomic E-state index is 12.7. The number of carbonyl (C=O) groups excluding carboxylic acids is 2. The number of rotatable bonds is 3. The highest BCUT2D eigenvalue weighted by Gasteiger charge is 2.48. The van der Waals surface area contributed by atoms with Crippen molar-refractivity contribution in [2.75, 3.05) is 7.11 Å². The van der Waals surface area contributed by atoms with E-state index in [0.717, 1.165) is 12.8 Å². The van der Waals surface area contributed by atoms with Gasteiger partial charge in [0.25, 0.3) is 0 Å². The third-order valence-electron chi connectivity index (χ3n) is 4.14. The molecule has 1 saturated heterocycles. The molecule has 0 spiro atoms. The van der Waals surface area contributed by atoms with Crippen LogP contribution in [0, 0.1) is 11.8 Å². The van der Waals surface area contributed by atoms with E-state index in [9.17, 15) is 9.59 Å². The highest BCUT2D eigenvalue weighted by Crippen LogP contribution is 2.45. The van der Waals surface area contributed by atoms with Crippen LogP contribution in [0.5, 0.6) is 0 Å². The van der Waals surface area contributed by atoms with Crippen molar-refractivity contribution in [1.82, 2.24) is 10.2 Å². The molecule has 2 aliphatic rings. The van der Waals surface area contributed by atoms with Crippen LogP contribution < -0.4 is 5.32 Å². The van der Waals surface area contributed by atoms with Gasteiger partial charge in [0.2, 0.25) is 5.91 Å². The second-order valence-electron chi connectivity index (χ2n) is 5.70. The van der Waals surface area contributed by atoms with Crippen LogP contribution in [0.15, 0.2) is 0 Å². The van der Waals surface area contributed by atoms with Crippen molar-refractivity contribution in [1.29, 1.82) is 0 Å². The third kappa shape index (κ3) is 2.83. The van der Waals surface area contributed by atoms with Gasteiger partial charge in [-0.25, -0.2) is 4.79 Å². The molecule has 19 heavy (non-hydrogen) atoms. The molecule has 1 heterocycles. The minimum absolute atomic E-state index is 0.0343. The molecule has 1 aliphatic heterocycles. The fraction of sp³-hybridized carbons (Fsp3) is 0.846. The maximum Gasteiger partial charge on any atom is 0.407 e. The van der Waals surface area contributed by atoms with E-state index in [1.165, 1.54) is 13.5 Å². The molecule has 5 nitrogen and oxygen atoms in total. The van der Waals surface area contributed by atoms with Gasteiger partial charge in [0.1, 0.15) is 6.04 Å². The Morgan fingerprint density at radius 3 is 2.53 bits per heavy atom. The van der Waals surface area contributed by atoms with E-state index in [1.807, 2.05) is 18.7 Å². The smallest absolute Gasteiger partial charge is 0.407 e. The Kier molecular flexibility index (Phi) is 4.58. The van der Waals surface area contributed by atoms with E-state index in [1.54, 1.807) is 0 Å². The lowest BCUT2D eigenvalue weighted by atomic mass is 10.0. The molecular weight excluding hydrogens is 359 g/mol. The number of piperidine rings is 1. The quantitative estimate of drug-likeness (QED) is 0.464. The molecule has 2 unspecified atom stereocenters. The molecule has 0 aromatic heterocycles. The Labute approximate surface area is 127 Å². The predicted octanol–water partition coefficient (Wildman–Crippen LogP) is 2.14. The first-order valence-electron chi connectivity index (χ1n) is 6.76. The number of fused-ring (bicyclic) bond motifs is 2. The summed E-state index contributed by atoms with van der Waals surface area (Å²) in [4.78, 5) is 26.1. The van der Waals surface area contributed by atoms with Crippen LogP contribution in [0.4, 0.5) is 4.79 Å². The average Bonchev–Trinajstić information content (AvgIpc) is 2.95. The van der Waals surface area contributed by atoms with Gasteiger partial charge in [-0.1, -0.05) is 36.4 Å². The van der Waals surface area contributed by atoms with Crippen LogP contribution in [0.2, 0.25) is 0 Å². The van der Waals surface area contributed by atoms with Crippen LogP contribution in [0.3, 0.4) is 0 Å². The fourth-order valence-corrected chi connectivity index (χ4v) is 4.47. The summed E-state index contributed by atoms with van der Waals surface area (Å²) in [7, 11) is 1.32. The summed E-state index contributed by atoms with van der Waals surface area (Å²) in [5, 5.41) is 2.67. The van der Waals surface area contributed by atoms with Gasteiger partial charge >= 0.3 is 6.09 Å². The maximum atomic E-state index is 12.7. The minimum atomic E-state index is -0.540. The lowest BCUT2D eigenvalue weighted by Gasteiger charge is -2.35. The topological polar surface area (TPSA) is 58.6 Å². The van der Waals surface area contributed by atoms with Gasteiger partial charge in [0.15, 0.2) is 0 Å². The van der Waals surface area contributed by atoms with Crippen molar-refractivity contribution in [3.05, 3.63) is 0 Å². The molecule has 2 bridgehead atoms. The van der Waals surface area contributed by atoms with Crippen molar-refractivity contribution in [3.8, 4) is 0 Å². The predicted molar refractivity (Wildman–Crippen MR) is 79.9 cm³/mol. The number of ether oxygens (including phenoxy) is 1. The number of hydrogen-bond donors (Lipinski definition) is 1. The number of amides is 2. The monoisotopic (exact) mass is 380 g/mol. The highest BCUT2D eigenvalue weighted by atomic mass is 127. The Morgan fingerprint density at radius 1 is 1.37 bits per heavy atom. The first kappa shape index (κ1) is 14.9. The lowest BCUT2D eigenvalue weighted by molar-refractivity contribution is -0.136. The number of alkyl halides is 1. The zero-order chi connectivity index (χ0) is 14.2. The van der Waals surface area contributed by atoms with Gasteiger partial charge in [0.05, 0.1) is 11.2 Å². The van der Waals surface area contributed by atoms with E-state index in [4.69, 9.17) is 0 Å². The average molecular weight is 380 g/mol. The van der Waals surface area contributed by atoms with Crippen LogP contribution in [-0.4, -0.2) is 40.1 Å². The van der Waals surface area contributed by atoms with E-state index < -0.39 is 12.1 Å². The van der Waals surface area contributed by atoms with E-state index in [0.29, 0.717) is 12.0 Å². The number of nitrogens with zero attached hydrogens (tertiary/aromatic N) is 1. The van der Waals surface area contributed by atoms with Crippen molar-refractivity contribution in [2.24, 2.45) is 11.8 Å². The largest absolute Gasteiger partial charge is 0.453 e. The number of nitrogens with one attached hydrogen (secondary N) is 1. The second kappa shape index (κ2) is 5.85. The van der Waals surface area contributed by atoms with E-state index in [-0.39, 0.29) is 15.9 Å². The Morgan fingerprint density at radius 2 is 2.05 bits per heavy atom. The van der Waals surface area contributed by atoms with E-state index >= 15 is 0 Å². The summed E-state index contributed by atoms with van der Waals surface area (Å²) in [5.41, 5.74) is 0. The first-order valence-corrected chi connectivity index (χ1v) is 8.01. The summed E-state index contributed by atoms with van der Waals surface area (Å²) < 4.78 is 4.88. The second-order valence-corrected chi connectivity index (χ2v) is 6.98. The zero-order valence-electron chi connectivity index (χ0n) is 11.6. The normalized spacial score (nSPS) is 30.6. The van der Waals surface area contributed by atoms with Gasteiger partial charge in [0, 0.05) is 6.04 Å². The van der Waals surface area contributed by atoms with Crippen molar-refractivity contribution >= 4 is 34.6 Å². The molecule has 108 valence electrons. The molecule has 0 radical (unpaired) electrons. The summed E-state index contributed by atoms with van der Waals surface area (Å²) in [6, 6.07) is -0.135. The molecular formula is C13H21IN2O3. The molecule has 2 fully saturated rings. The number of carbonyl (C=O) groups is 2. The van der Waals surface area contributed by atoms with Gasteiger partial charge in [-0.15, -0.1) is 0 Å². The molecule has 0 aromatic carbocycles. The van der Waals surface area contributed by atoms with Crippen LogP contribution >= 0.6 is 22.6 Å². The summed E-state index contributed by atoms with van der Waals surface area (Å²) in [6.07, 6.45) is 2.89. The van der Waals surface area contributed by atoms with Crippen molar-refractivity contribution in [2.45, 2.75) is 49.2 Å². The lowest BCUT2D eigenvalue weighted by Crippen LogP contribution is -2.54. The molecule has 2 rings (SSSR count). The first-order chi connectivity index (χ1) is 8.95. The van der Waals surface area contributed by atoms with E-state index in [2.05, 4.69) is 32.6 Å². The van der Waals surface area contributed by atoms with Crippen LogP contribution in [0.1, 0.15) is 33.1 Å². The SMILES string of the molecule is COC(=O)N[C@H](C(=O)N1C2CCC(C2)[C@H]1I)C(C)C. The molecule has 2 amide bonds. The zero-order valence-corrected chi connectivity index (χ0v) is 13.7. The number of likely N-dealkylation sites (tertiary alicyclic amines) is 1. The summed E-state index contributed by atoms with van der Waals surface area (Å²) >= 11 is 2.36. The highest BCUT2D eigenvalue weighted by molar-refractivity contribution is 14.1. The van der Waals surface area contributed by atoms with Crippen molar-refractivity contribution < 1.29 is 14.3 Å². The number of methoxy groups -OCH3 is 1. The van der Waals surface area contributed by atoms with Gasteiger partial charge in [-0.05, 0) is 31.1 Å². The molecule has 0 aromatic rings. The third-order valence-corrected chi connectivity index (χ3v) is 5.76. The molecule has 1 N–H and O–H groups in total. The van der Waals surface area contributed by atoms with Crippen LogP contribution in [-0.2, 0) is 9.53 Å². The van der Waals surface area contributed by atoms with Gasteiger partial charge < -0.3 is 15.0 Å². The van der Waals surface area contributed by atoms with Gasteiger partial charge in [-0.3, -0.25) is 4.79 Å². The molecule has 4 atom stereocenters. The van der Waals surface area contributed by atoms with Crippen LogP contribution in [0.25, 0.3) is 0 Å². The Balaban J connectivity index is 2.09. The number of alkyl carbamates (subject to hydrolysis) is 1.